The lowest BCUT2D eigenvalue weighted by atomic mass is 10.1. The second kappa shape index (κ2) is 6.88. The van der Waals surface area contributed by atoms with Crippen LogP contribution in [0.15, 0.2) is 48.8 Å². The maximum Gasteiger partial charge on any atom is 0.224 e. The van der Waals surface area contributed by atoms with Crippen LogP contribution in [0.4, 0.5) is 0 Å². The fourth-order valence-corrected chi connectivity index (χ4v) is 1.91. The number of aromatic nitrogens is 1. The second-order valence-electron chi connectivity index (χ2n) is 4.56. The van der Waals surface area contributed by atoms with Crippen molar-refractivity contribution in [3.05, 3.63) is 54.4 Å². The summed E-state index contributed by atoms with van der Waals surface area (Å²) in [6, 6.07) is 11.0. The molecule has 20 heavy (non-hydrogen) atoms. The van der Waals surface area contributed by atoms with Crippen LogP contribution in [0.1, 0.15) is 5.56 Å². The largest absolute Gasteiger partial charge is 0.394 e. The minimum Gasteiger partial charge on any atom is -0.394 e. The molecule has 0 fully saturated rings. The van der Waals surface area contributed by atoms with Gasteiger partial charge in [-0.25, -0.2) is 0 Å². The van der Waals surface area contributed by atoms with Crippen LogP contribution in [0, 0.1) is 0 Å². The van der Waals surface area contributed by atoms with E-state index in [1.807, 2.05) is 53.4 Å². The summed E-state index contributed by atoms with van der Waals surface area (Å²) in [5.41, 5.74) is 1.91. The molecule has 0 spiro atoms. The average Bonchev–Trinajstić information content (AvgIpc) is 2.99. The summed E-state index contributed by atoms with van der Waals surface area (Å²) >= 11 is 0. The first-order chi connectivity index (χ1) is 9.72. The highest BCUT2D eigenvalue weighted by atomic mass is 16.3. The zero-order valence-electron chi connectivity index (χ0n) is 11.1. The number of rotatable bonds is 6. The summed E-state index contributed by atoms with van der Waals surface area (Å²) in [6.07, 6.45) is 4.13. The third-order valence-electron chi connectivity index (χ3n) is 3.01. The van der Waals surface area contributed by atoms with Gasteiger partial charge in [0.1, 0.15) is 0 Å². The van der Waals surface area contributed by atoms with Gasteiger partial charge in [-0.1, -0.05) is 12.1 Å². The quantitative estimate of drug-likeness (QED) is 0.717. The first-order valence-electron chi connectivity index (χ1n) is 6.46. The Morgan fingerprint density at radius 1 is 1.10 bits per heavy atom. The van der Waals surface area contributed by atoms with Crippen LogP contribution in [0.25, 0.3) is 5.69 Å². The minimum atomic E-state index is -0.596. The Morgan fingerprint density at radius 3 is 2.25 bits per heavy atom. The van der Waals surface area contributed by atoms with Crippen LogP contribution in [-0.4, -0.2) is 39.9 Å². The molecule has 1 aromatic heterocycles. The number of benzene rings is 1. The molecule has 0 aliphatic heterocycles. The van der Waals surface area contributed by atoms with Crippen LogP contribution in [-0.2, 0) is 11.2 Å². The van der Waals surface area contributed by atoms with Crippen molar-refractivity contribution in [2.75, 3.05) is 13.2 Å². The lowest BCUT2D eigenvalue weighted by Crippen LogP contribution is -2.40. The highest BCUT2D eigenvalue weighted by molar-refractivity contribution is 5.78. The van der Waals surface area contributed by atoms with Crippen molar-refractivity contribution in [3.8, 4) is 5.69 Å². The zero-order chi connectivity index (χ0) is 14.4. The van der Waals surface area contributed by atoms with Gasteiger partial charge < -0.3 is 20.1 Å². The molecular formula is C15H18N2O3. The Hall–Kier alpha value is -2.11. The summed E-state index contributed by atoms with van der Waals surface area (Å²) in [4.78, 5) is 11.7. The predicted octanol–water partition coefficient (Wildman–Crippen LogP) is 0.489. The molecule has 1 aromatic carbocycles. The van der Waals surface area contributed by atoms with E-state index in [0.717, 1.165) is 11.3 Å². The molecule has 5 heteroatoms. The SMILES string of the molecule is O=C(Cc1ccc(-n2cccc2)cc1)NC(CO)CO. The number of carbonyl (C=O) groups is 1. The summed E-state index contributed by atoms with van der Waals surface area (Å²) in [5, 5.41) is 20.4. The molecule has 0 saturated heterocycles. The first kappa shape index (κ1) is 14.3. The van der Waals surface area contributed by atoms with E-state index in [1.165, 1.54) is 0 Å². The monoisotopic (exact) mass is 274 g/mol. The van der Waals surface area contributed by atoms with Crippen molar-refractivity contribution >= 4 is 5.91 Å². The molecule has 0 radical (unpaired) electrons. The maximum atomic E-state index is 11.7. The minimum absolute atomic E-state index is 0.216. The predicted molar refractivity (Wildman–Crippen MR) is 75.6 cm³/mol. The summed E-state index contributed by atoms with van der Waals surface area (Å²) < 4.78 is 1.98. The zero-order valence-corrected chi connectivity index (χ0v) is 11.1. The van der Waals surface area contributed by atoms with Crippen LogP contribution < -0.4 is 5.32 Å². The number of carbonyl (C=O) groups excluding carboxylic acids is 1. The molecule has 0 bridgehead atoms. The number of nitrogens with one attached hydrogen (secondary N) is 1. The van der Waals surface area contributed by atoms with Crippen molar-refractivity contribution in [1.82, 2.24) is 9.88 Å². The molecule has 2 rings (SSSR count). The Bertz CT molecular complexity index is 531. The van der Waals surface area contributed by atoms with Crippen molar-refractivity contribution in [2.45, 2.75) is 12.5 Å². The summed E-state index contributed by atoms with van der Waals surface area (Å²) in [6.45, 7) is -0.538. The Morgan fingerprint density at radius 2 is 1.70 bits per heavy atom. The normalized spacial score (nSPS) is 10.8. The number of hydrogen-bond acceptors (Lipinski definition) is 3. The van der Waals surface area contributed by atoms with Crippen molar-refractivity contribution in [1.29, 1.82) is 0 Å². The lowest BCUT2D eigenvalue weighted by molar-refractivity contribution is -0.121. The molecule has 0 unspecified atom stereocenters. The van der Waals surface area contributed by atoms with Crippen LogP contribution >= 0.6 is 0 Å². The van der Waals surface area contributed by atoms with Crippen molar-refractivity contribution in [3.63, 3.8) is 0 Å². The number of aliphatic hydroxyl groups excluding tert-OH is 2. The van der Waals surface area contributed by atoms with Gasteiger partial charge >= 0.3 is 0 Å². The number of aliphatic hydroxyl groups is 2. The Labute approximate surface area is 117 Å². The molecule has 2 aromatic rings. The van der Waals surface area contributed by atoms with Gasteiger partial charge in [0.25, 0.3) is 0 Å². The lowest BCUT2D eigenvalue weighted by Gasteiger charge is -2.13. The van der Waals surface area contributed by atoms with E-state index < -0.39 is 6.04 Å². The van der Waals surface area contributed by atoms with Crippen molar-refractivity contribution in [2.24, 2.45) is 0 Å². The van der Waals surface area contributed by atoms with Gasteiger partial charge in [-0.3, -0.25) is 4.79 Å². The molecule has 0 aliphatic carbocycles. The van der Waals surface area contributed by atoms with E-state index in [4.69, 9.17) is 10.2 Å². The van der Waals surface area contributed by atoms with E-state index in [9.17, 15) is 4.79 Å². The van der Waals surface area contributed by atoms with E-state index in [0.29, 0.717) is 0 Å². The van der Waals surface area contributed by atoms with E-state index in [1.54, 1.807) is 0 Å². The molecule has 1 amide bonds. The molecule has 0 saturated carbocycles. The smallest absolute Gasteiger partial charge is 0.224 e. The molecule has 0 atom stereocenters. The van der Waals surface area contributed by atoms with E-state index >= 15 is 0 Å². The van der Waals surface area contributed by atoms with Crippen LogP contribution in [0.5, 0.6) is 0 Å². The van der Waals surface area contributed by atoms with Gasteiger partial charge in [-0.15, -0.1) is 0 Å². The Balaban J connectivity index is 1.95. The maximum absolute atomic E-state index is 11.7. The average molecular weight is 274 g/mol. The van der Waals surface area contributed by atoms with Gasteiger partial charge in [0.2, 0.25) is 5.91 Å². The molecule has 106 valence electrons. The molecule has 0 aliphatic rings. The summed E-state index contributed by atoms with van der Waals surface area (Å²) in [7, 11) is 0. The van der Waals surface area contributed by atoms with Gasteiger partial charge in [-0.05, 0) is 29.8 Å². The number of amides is 1. The standard InChI is InChI=1S/C15H18N2O3/c18-10-13(11-19)16-15(20)9-12-3-5-14(6-4-12)17-7-1-2-8-17/h1-8,13,18-19H,9-11H2,(H,16,20). The van der Waals surface area contributed by atoms with Gasteiger partial charge in [0.05, 0.1) is 25.7 Å². The fourth-order valence-electron chi connectivity index (χ4n) is 1.91. The molecule has 3 N–H and O–H groups in total. The van der Waals surface area contributed by atoms with Gasteiger partial charge in [0.15, 0.2) is 0 Å². The van der Waals surface area contributed by atoms with E-state index in [2.05, 4.69) is 5.32 Å². The molecule has 1 heterocycles. The fraction of sp³-hybridized carbons (Fsp3) is 0.267. The number of hydrogen-bond donors (Lipinski definition) is 3. The van der Waals surface area contributed by atoms with E-state index in [-0.39, 0.29) is 25.5 Å². The third-order valence-corrected chi connectivity index (χ3v) is 3.01. The third kappa shape index (κ3) is 3.69. The topological polar surface area (TPSA) is 74.5 Å². The first-order valence-corrected chi connectivity index (χ1v) is 6.46. The molecule has 5 nitrogen and oxygen atoms in total. The van der Waals surface area contributed by atoms with Crippen LogP contribution in [0.2, 0.25) is 0 Å². The van der Waals surface area contributed by atoms with Gasteiger partial charge in [-0.2, -0.15) is 0 Å². The van der Waals surface area contributed by atoms with Crippen molar-refractivity contribution < 1.29 is 15.0 Å². The summed E-state index contributed by atoms with van der Waals surface area (Å²) in [5.74, 6) is -0.216. The Kier molecular flexibility index (Phi) is 4.92. The number of nitrogens with zero attached hydrogens (tertiary/aromatic N) is 1. The second-order valence-corrected chi connectivity index (χ2v) is 4.56. The van der Waals surface area contributed by atoms with Gasteiger partial charge in [0, 0.05) is 18.1 Å². The van der Waals surface area contributed by atoms with Crippen LogP contribution in [0.3, 0.4) is 0 Å². The highest BCUT2D eigenvalue weighted by Gasteiger charge is 2.10. The molecular weight excluding hydrogens is 256 g/mol. The highest BCUT2D eigenvalue weighted by Crippen LogP contribution is 2.10.